The van der Waals surface area contributed by atoms with Gasteiger partial charge in [-0.05, 0) is 31.2 Å². The van der Waals surface area contributed by atoms with Gasteiger partial charge in [0.25, 0.3) is 0 Å². The van der Waals surface area contributed by atoms with Crippen molar-refractivity contribution in [1.82, 2.24) is 10.2 Å². The fraction of sp³-hybridized carbons (Fsp3) is 0.267. The van der Waals surface area contributed by atoms with Crippen LogP contribution in [0.3, 0.4) is 0 Å². The number of aromatic nitrogens is 2. The van der Waals surface area contributed by atoms with Crippen LogP contribution in [0.25, 0.3) is 0 Å². The van der Waals surface area contributed by atoms with E-state index in [1.807, 2.05) is 0 Å². The molecular formula is C15H16N4O3S3. The molecule has 1 atom stereocenters. The maximum absolute atomic E-state index is 12.5. The van der Waals surface area contributed by atoms with Crippen molar-refractivity contribution in [3.05, 3.63) is 29.8 Å². The first-order valence-electron chi connectivity index (χ1n) is 7.18. The number of carbonyl (C=O) groups is 3. The molecule has 1 heterocycles. The van der Waals surface area contributed by atoms with Crippen LogP contribution in [0.1, 0.15) is 24.2 Å². The van der Waals surface area contributed by atoms with Gasteiger partial charge in [0.2, 0.25) is 11.8 Å². The second-order valence-corrected chi connectivity index (χ2v) is 8.76. The van der Waals surface area contributed by atoms with Crippen molar-refractivity contribution in [2.24, 2.45) is 5.73 Å². The van der Waals surface area contributed by atoms with Crippen LogP contribution in [0.2, 0.25) is 0 Å². The van der Waals surface area contributed by atoms with E-state index in [1.54, 1.807) is 31.2 Å². The Bertz CT molecular complexity index is 777. The fourth-order valence-electron chi connectivity index (χ4n) is 1.80. The van der Waals surface area contributed by atoms with Gasteiger partial charge in [-0.2, -0.15) is 0 Å². The molecule has 0 unspecified atom stereocenters. The number of carbonyl (C=O) groups excluding carboxylic acids is 3. The molecule has 0 fully saturated rings. The number of nitrogens with zero attached hydrogens (tertiary/aromatic N) is 2. The van der Waals surface area contributed by atoms with E-state index >= 15 is 0 Å². The Kier molecular flexibility index (Phi) is 6.97. The average Bonchev–Trinajstić information content (AvgIpc) is 3.00. The maximum atomic E-state index is 12.5. The van der Waals surface area contributed by atoms with Crippen LogP contribution >= 0.6 is 34.9 Å². The molecule has 0 aliphatic rings. The molecule has 25 heavy (non-hydrogen) atoms. The van der Waals surface area contributed by atoms with E-state index in [0.29, 0.717) is 19.9 Å². The lowest BCUT2D eigenvalue weighted by atomic mass is 10.1. The molecule has 3 N–H and O–H groups in total. The highest BCUT2D eigenvalue weighted by Crippen LogP contribution is 2.32. The molecule has 0 bridgehead atoms. The maximum Gasteiger partial charge on any atom is 0.227 e. The molecule has 0 saturated heterocycles. The minimum atomic E-state index is -0.416. The van der Waals surface area contributed by atoms with Gasteiger partial charge in [0.1, 0.15) is 0 Å². The summed E-state index contributed by atoms with van der Waals surface area (Å²) in [7, 11) is 0. The highest BCUT2D eigenvalue weighted by atomic mass is 32.2. The molecular weight excluding hydrogens is 380 g/mol. The van der Waals surface area contributed by atoms with E-state index in [-0.39, 0.29) is 22.7 Å². The van der Waals surface area contributed by atoms with Crippen molar-refractivity contribution in [1.29, 1.82) is 0 Å². The van der Waals surface area contributed by atoms with Gasteiger partial charge in [-0.3, -0.25) is 14.4 Å². The highest BCUT2D eigenvalue weighted by molar-refractivity contribution is 8.04. The Morgan fingerprint density at radius 3 is 2.44 bits per heavy atom. The van der Waals surface area contributed by atoms with Gasteiger partial charge < -0.3 is 11.1 Å². The number of amides is 2. The molecule has 10 heteroatoms. The van der Waals surface area contributed by atoms with E-state index in [9.17, 15) is 14.4 Å². The van der Waals surface area contributed by atoms with Gasteiger partial charge in [0.15, 0.2) is 14.5 Å². The number of hydrogen-bond donors (Lipinski definition) is 2. The van der Waals surface area contributed by atoms with E-state index in [0.717, 1.165) is 0 Å². The molecule has 0 aliphatic carbocycles. The van der Waals surface area contributed by atoms with Crippen LogP contribution in [0.5, 0.6) is 0 Å². The zero-order valence-electron chi connectivity index (χ0n) is 13.5. The molecule has 132 valence electrons. The van der Waals surface area contributed by atoms with E-state index in [1.165, 1.54) is 41.8 Å². The second kappa shape index (κ2) is 8.97. The monoisotopic (exact) mass is 396 g/mol. The molecule has 2 aromatic rings. The Morgan fingerprint density at radius 1 is 1.20 bits per heavy atom. The van der Waals surface area contributed by atoms with Crippen molar-refractivity contribution in [3.8, 4) is 0 Å². The molecule has 2 amide bonds. The van der Waals surface area contributed by atoms with Gasteiger partial charge >= 0.3 is 0 Å². The topological polar surface area (TPSA) is 115 Å². The summed E-state index contributed by atoms with van der Waals surface area (Å²) in [6.45, 7) is 3.22. The summed E-state index contributed by atoms with van der Waals surface area (Å²) >= 11 is 3.86. The van der Waals surface area contributed by atoms with E-state index < -0.39 is 5.91 Å². The van der Waals surface area contributed by atoms with Crippen LogP contribution in [0.4, 0.5) is 5.69 Å². The molecule has 1 aromatic carbocycles. The van der Waals surface area contributed by atoms with Crippen molar-refractivity contribution < 1.29 is 14.4 Å². The van der Waals surface area contributed by atoms with E-state index in [2.05, 4.69) is 15.5 Å². The number of hydrogen-bond acceptors (Lipinski definition) is 8. The van der Waals surface area contributed by atoms with Crippen molar-refractivity contribution in [3.63, 3.8) is 0 Å². The normalized spacial score (nSPS) is 11.8. The number of rotatable bonds is 8. The van der Waals surface area contributed by atoms with Crippen LogP contribution < -0.4 is 11.1 Å². The lowest BCUT2D eigenvalue weighted by molar-refractivity contribution is -0.116. The number of nitrogens with two attached hydrogens (primary N) is 1. The summed E-state index contributed by atoms with van der Waals surface area (Å²) in [4.78, 5) is 34.3. The molecule has 0 spiro atoms. The number of nitrogens with one attached hydrogen (secondary N) is 1. The first-order valence-corrected chi connectivity index (χ1v) is 9.86. The molecule has 1 aromatic heterocycles. The fourth-order valence-corrected chi connectivity index (χ4v) is 4.78. The third kappa shape index (κ3) is 6.15. The van der Waals surface area contributed by atoms with Crippen LogP contribution in [0.15, 0.2) is 32.9 Å². The molecule has 0 saturated carbocycles. The molecule has 2 rings (SSSR count). The van der Waals surface area contributed by atoms with E-state index in [4.69, 9.17) is 5.73 Å². The Morgan fingerprint density at radius 2 is 1.84 bits per heavy atom. The standard InChI is InChI=1S/C15H16N4O3S3/c1-8(24-15-19-18-14(25-15)23-7-12(16)21)13(22)10-3-5-11(6-4-10)17-9(2)20/h3-6,8H,7H2,1-2H3,(H2,16,21)(H,17,20)/t8-/m1/s1. The molecule has 0 radical (unpaired) electrons. The zero-order chi connectivity index (χ0) is 18.4. The number of primary amides is 1. The second-order valence-electron chi connectivity index (χ2n) is 4.97. The third-order valence-corrected chi connectivity index (χ3v) is 6.13. The smallest absolute Gasteiger partial charge is 0.227 e. The summed E-state index contributed by atoms with van der Waals surface area (Å²) in [6, 6.07) is 6.74. The SMILES string of the molecule is CC(=O)Nc1ccc(C(=O)[C@@H](C)Sc2nnc(SCC(N)=O)s2)cc1. The summed E-state index contributed by atoms with van der Waals surface area (Å²) in [5.41, 5.74) is 6.29. The molecule has 7 nitrogen and oxygen atoms in total. The van der Waals surface area contributed by atoms with Gasteiger partial charge in [-0.1, -0.05) is 34.9 Å². The largest absolute Gasteiger partial charge is 0.369 e. The van der Waals surface area contributed by atoms with Crippen molar-refractivity contribution in [2.75, 3.05) is 11.1 Å². The Hall–Kier alpha value is -1.91. The number of anilines is 1. The highest BCUT2D eigenvalue weighted by Gasteiger charge is 2.19. The predicted octanol–water partition coefficient (Wildman–Crippen LogP) is 2.44. The molecule has 0 aliphatic heterocycles. The summed E-state index contributed by atoms with van der Waals surface area (Å²) in [5, 5.41) is 10.3. The first kappa shape index (κ1) is 19.4. The third-order valence-electron chi connectivity index (χ3n) is 2.86. The number of benzene rings is 1. The summed E-state index contributed by atoms with van der Waals surface area (Å²) in [5.74, 6) is -0.472. The van der Waals surface area contributed by atoms with Crippen LogP contribution in [0, 0.1) is 0 Å². The van der Waals surface area contributed by atoms with Crippen LogP contribution in [-0.4, -0.2) is 38.8 Å². The average molecular weight is 397 g/mol. The summed E-state index contributed by atoms with van der Waals surface area (Å²) < 4.78 is 1.29. The lowest BCUT2D eigenvalue weighted by Gasteiger charge is -2.09. The van der Waals surface area contributed by atoms with Crippen LogP contribution in [-0.2, 0) is 9.59 Å². The van der Waals surface area contributed by atoms with Crippen molar-refractivity contribution >= 4 is 58.1 Å². The number of ketones is 1. The Labute approximate surface area is 157 Å². The van der Waals surface area contributed by atoms with Gasteiger partial charge in [-0.25, -0.2) is 0 Å². The minimum Gasteiger partial charge on any atom is -0.369 e. The minimum absolute atomic E-state index is 0.0408. The number of Topliss-reactive ketones (excluding diaryl/α,β-unsaturated/α-hetero) is 1. The van der Waals surface area contributed by atoms with Gasteiger partial charge in [0, 0.05) is 18.2 Å². The lowest BCUT2D eigenvalue weighted by Crippen LogP contribution is -2.13. The first-order chi connectivity index (χ1) is 11.8. The zero-order valence-corrected chi connectivity index (χ0v) is 16.0. The summed E-state index contributed by atoms with van der Waals surface area (Å²) in [6.07, 6.45) is 0. The van der Waals surface area contributed by atoms with Gasteiger partial charge in [0.05, 0.1) is 11.0 Å². The van der Waals surface area contributed by atoms with Gasteiger partial charge in [-0.15, -0.1) is 10.2 Å². The van der Waals surface area contributed by atoms with Crippen molar-refractivity contribution in [2.45, 2.75) is 27.8 Å². The quantitative estimate of drug-likeness (QED) is 0.520. The number of thioether (sulfide) groups is 2. The predicted molar refractivity (Wildman–Crippen MR) is 100 cm³/mol. The Balaban J connectivity index is 1.95.